The van der Waals surface area contributed by atoms with E-state index in [1.165, 1.54) is 18.3 Å². The van der Waals surface area contributed by atoms with Gasteiger partial charge in [-0.3, -0.25) is 4.79 Å². The van der Waals surface area contributed by atoms with Crippen LogP contribution in [0.25, 0.3) is 0 Å². The van der Waals surface area contributed by atoms with Gasteiger partial charge in [-0.1, -0.05) is 35.3 Å². The lowest BCUT2D eigenvalue weighted by molar-refractivity contribution is 0.0696. The van der Waals surface area contributed by atoms with Crippen molar-refractivity contribution in [2.75, 3.05) is 0 Å². The maximum Gasteiger partial charge on any atom is 0.335 e. The van der Waals surface area contributed by atoms with Crippen LogP contribution in [0.15, 0.2) is 59.7 Å². The van der Waals surface area contributed by atoms with Gasteiger partial charge in [-0.25, -0.2) is 10.2 Å². The molecule has 0 fully saturated rings. The highest BCUT2D eigenvalue weighted by Gasteiger charge is 2.11. The van der Waals surface area contributed by atoms with Gasteiger partial charge in [0.1, 0.15) is 12.4 Å². The van der Waals surface area contributed by atoms with E-state index in [1.54, 1.807) is 30.3 Å². The fourth-order valence-electron chi connectivity index (χ4n) is 2.59. The van der Waals surface area contributed by atoms with E-state index in [1.807, 2.05) is 12.1 Å². The Labute approximate surface area is 221 Å². The molecule has 3 aromatic rings. The zero-order valence-electron chi connectivity index (χ0n) is 16.1. The van der Waals surface area contributed by atoms with Crippen LogP contribution in [0.3, 0.4) is 0 Å². The minimum absolute atomic E-state index is 0.229. The Morgan fingerprint density at radius 3 is 2.28 bits per heavy atom. The monoisotopic (exact) mass is 694 g/mol. The van der Waals surface area contributed by atoms with E-state index >= 15 is 0 Å². The Bertz CT molecular complexity index is 1180. The first-order chi connectivity index (χ1) is 15.2. The van der Waals surface area contributed by atoms with Gasteiger partial charge in [0.15, 0.2) is 0 Å². The van der Waals surface area contributed by atoms with E-state index in [0.717, 1.165) is 18.3 Å². The summed E-state index contributed by atoms with van der Waals surface area (Å²) >= 11 is 16.2. The van der Waals surface area contributed by atoms with Crippen molar-refractivity contribution < 1.29 is 19.4 Å². The number of halogens is 4. The van der Waals surface area contributed by atoms with Gasteiger partial charge >= 0.3 is 5.97 Å². The van der Waals surface area contributed by atoms with Crippen molar-refractivity contribution in [3.63, 3.8) is 0 Å². The summed E-state index contributed by atoms with van der Waals surface area (Å²) in [5.41, 5.74) is 4.58. The molecule has 0 saturated heterocycles. The molecule has 0 unspecified atom stereocenters. The van der Waals surface area contributed by atoms with E-state index in [2.05, 4.69) is 55.7 Å². The van der Waals surface area contributed by atoms with Gasteiger partial charge in [-0.2, -0.15) is 5.10 Å². The SMILES string of the molecule is O=C(O)c1ccc(COc2c(I)cc(/C=N\NC(=O)c3ccc(Cl)cc3Cl)cc2I)cc1. The topological polar surface area (TPSA) is 88.0 Å². The van der Waals surface area contributed by atoms with Crippen molar-refractivity contribution in [2.24, 2.45) is 5.10 Å². The number of hydrazone groups is 1. The third-order valence-corrected chi connectivity index (χ3v) is 6.31. The molecule has 0 spiro atoms. The molecule has 0 aliphatic rings. The molecule has 0 aliphatic carbocycles. The maximum atomic E-state index is 12.2. The molecule has 0 heterocycles. The number of benzene rings is 3. The number of carboxylic acids is 1. The summed E-state index contributed by atoms with van der Waals surface area (Å²) in [6.07, 6.45) is 1.53. The van der Waals surface area contributed by atoms with E-state index < -0.39 is 11.9 Å². The van der Waals surface area contributed by atoms with Crippen molar-refractivity contribution >= 4 is 86.5 Å². The normalized spacial score (nSPS) is 10.9. The molecule has 3 rings (SSSR count). The summed E-state index contributed by atoms with van der Waals surface area (Å²) < 4.78 is 7.66. The quantitative estimate of drug-likeness (QED) is 0.174. The average molecular weight is 695 g/mol. The van der Waals surface area contributed by atoms with Crippen LogP contribution in [0.5, 0.6) is 5.75 Å². The summed E-state index contributed by atoms with van der Waals surface area (Å²) in [5, 5.41) is 13.7. The first-order valence-corrected chi connectivity index (χ1v) is 11.9. The highest BCUT2D eigenvalue weighted by molar-refractivity contribution is 14.1. The van der Waals surface area contributed by atoms with Crippen LogP contribution in [-0.4, -0.2) is 23.2 Å². The minimum Gasteiger partial charge on any atom is -0.487 e. The van der Waals surface area contributed by atoms with Crippen molar-refractivity contribution in [2.45, 2.75) is 6.61 Å². The zero-order chi connectivity index (χ0) is 23.3. The minimum atomic E-state index is -0.966. The number of carbonyl (C=O) groups is 2. The second kappa shape index (κ2) is 11.3. The van der Waals surface area contributed by atoms with Gasteiger partial charge in [-0.15, -0.1) is 0 Å². The van der Waals surface area contributed by atoms with Gasteiger partial charge in [-0.05, 0) is 98.8 Å². The fourth-order valence-corrected chi connectivity index (χ4v) is 5.21. The largest absolute Gasteiger partial charge is 0.487 e. The number of carboxylic acid groups (broad SMARTS) is 1. The molecule has 32 heavy (non-hydrogen) atoms. The smallest absolute Gasteiger partial charge is 0.335 e. The molecule has 3 aromatic carbocycles. The first-order valence-electron chi connectivity index (χ1n) is 8.97. The van der Waals surface area contributed by atoms with E-state index in [-0.39, 0.29) is 16.1 Å². The molecule has 0 aliphatic heterocycles. The van der Waals surface area contributed by atoms with Crippen LogP contribution >= 0.6 is 68.4 Å². The van der Waals surface area contributed by atoms with Crippen molar-refractivity contribution in [3.8, 4) is 5.75 Å². The summed E-state index contributed by atoms with van der Waals surface area (Å²) in [4.78, 5) is 23.2. The van der Waals surface area contributed by atoms with Crippen molar-refractivity contribution in [1.29, 1.82) is 0 Å². The van der Waals surface area contributed by atoms with Crippen LogP contribution in [0.1, 0.15) is 31.8 Å². The third-order valence-electron chi connectivity index (χ3n) is 4.16. The predicted octanol–water partition coefficient (Wildman–Crippen LogP) is 6.24. The molecular weight excluding hydrogens is 681 g/mol. The molecule has 164 valence electrons. The van der Waals surface area contributed by atoms with Gasteiger partial charge in [0.05, 0.1) is 29.5 Å². The average Bonchev–Trinajstić information content (AvgIpc) is 2.73. The molecule has 6 nitrogen and oxygen atoms in total. The number of ether oxygens (including phenoxy) is 1. The van der Waals surface area contributed by atoms with E-state index in [0.29, 0.717) is 17.4 Å². The Hall–Kier alpha value is -1.89. The lowest BCUT2D eigenvalue weighted by Crippen LogP contribution is -2.18. The summed E-state index contributed by atoms with van der Waals surface area (Å²) in [6, 6.07) is 14.9. The lowest BCUT2D eigenvalue weighted by atomic mass is 10.1. The van der Waals surface area contributed by atoms with Crippen LogP contribution in [-0.2, 0) is 6.61 Å². The number of nitrogens with zero attached hydrogens (tertiary/aromatic N) is 1. The summed E-state index contributed by atoms with van der Waals surface area (Å²) in [7, 11) is 0. The van der Waals surface area contributed by atoms with Crippen LogP contribution in [0.4, 0.5) is 0 Å². The van der Waals surface area contributed by atoms with Gasteiger partial charge < -0.3 is 9.84 Å². The zero-order valence-corrected chi connectivity index (χ0v) is 21.9. The van der Waals surface area contributed by atoms with Crippen molar-refractivity contribution in [3.05, 3.63) is 94.0 Å². The predicted molar refractivity (Wildman–Crippen MR) is 141 cm³/mol. The van der Waals surface area contributed by atoms with Gasteiger partial charge in [0.25, 0.3) is 5.91 Å². The number of aromatic carboxylic acids is 1. The highest BCUT2D eigenvalue weighted by Crippen LogP contribution is 2.29. The second-order valence-corrected chi connectivity index (χ2v) is 9.60. The molecular formula is C22H14Cl2I2N2O4. The van der Waals surface area contributed by atoms with E-state index in [4.69, 9.17) is 33.0 Å². The van der Waals surface area contributed by atoms with E-state index in [9.17, 15) is 9.59 Å². The number of rotatable bonds is 7. The van der Waals surface area contributed by atoms with Crippen molar-refractivity contribution in [1.82, 2.24) is 5.43 Å². The molecule has 1 amide bonds. The fraction of sp³-hybridized carbons (Fsp3) is 0.0455. The Balaban J connectivity index is 1.64. The second-order valence-electron chi connectivity index (χ2n) is 6.43. The molecule has 2 N–H and O–H groups in total. The number of hydrogen-bond donors (Lipinski definition) is 2. The van der Waals surface area contributed by atoms with Crippen LogP contribution in [0.2, 0.25) is 10.0 Å². The highest BCUT2D eigenvalue weighted by atomic mass is 127. The molecule has 0 aromatic heterocycles. The molecule has 0 atom stereocenters. The lowest BCUT2D eigenvalue weighted by Gasteiger charge is -2.11. The molecule has 0 bridgehead atoms. The number of hydrogen-bond acceptors (Lipinski definition) is 4. The van der Waals surface area contributed by atoms with Crippen LogP contribution < -0.4 is 10.2 Å². The Morgan fingerprint density at radius 1 is 1.03 bits per heavy atom. The molecule has 10 heteroatoms. The summed E-state index contributed by atoms with van der Waals surface area (Å²) in [6.45, 7) is 0.303. The molecule has 0 radical (unpaired) electrons. The van der Waals surface area contributed by atoms with Crippen LogP contribution in [0, 0.1) is 7.14 Å². The van der Waals surface area contributed by atoms with Gasteiger partial charge in [0, 0.05) is 5.02 Å². The Morgan fingerprint density at radius 2 is 1.69 bits per heavy atom. The first kappa shape index (κ1) is 24.7. The molecule has 0 saturated carbocycles. The maximum absolute atomic E-state index is 12.2. The summed E-state index contributed by atoms with van der Waals surface area (Å²) in [5.74, 6) is -0.699. The standard InChI is InChI=1S/C22H14Cl2I2N2O4/c23-15-5-6-16(17(24)9-15)21(29)28-27-10-13-7-18(25)20(19(26)8-13)32-11-12-1-3-14(4-2-12)22(30)31/h1-10H,11H2,(H,28,29)(H,30,31)/b27-10-. The Kier molecular flexibility index (Phi) is 8.74. The number of carbonyl (C=O) groups excluding carboxylic acids is 1. The number of amides is 1. The number of nitrogens with one attached hydrogen (secondary N) is 1. The van der Waals surface area contributed by atoms with Gasteiger partial charge in [0.2, 0.25) is 0 Å². The third kappa shape index (κ3) is 6.56.